The van der Waals surface area contributed by atoms with E-state index in [9.17, 15) is 0 Å². The van der Waals surface area contributed by atoms with Crippen LogP contribution in [0.3, 0.4) is 0 Å². The molecule has 1 fully saturated rings. The largest absolute Gasteiger partial charge is 0.329 e. The van der Waals surface area contributed by atoms with Gasteiger partial charge < -0.3 is 5.73 Å². The van der Waals surface area contributed by atoms with Crippen LogP contribution in [0.25, 0.3) is 10.9 Å². The second kappa shape index (κ2) is 5.04. The van der Waals surface area contributed by atoms with Crippen molar-refractivity contribution >= 4 is 10.9 Å². The molecule has 2 aromatic rings. The van der Waals surface area contributed by atoms with Crippen LogP contribution in [0, 0.1) is 0 Å². The van der Waals surface area contributed by atoms with E-state index in [1.807, 2.05) is 12.3 Å². The molecule has 2 heterocycles. The summed E-state index contributed by atoms with van der Waals surface area (Å²) >= 11 is 0. The van der Waals surface area contributed by atoms with Gasteiger partial charge in [0.15, 0.2) is 0 Å². The molecule has 0 radical (unpaired) electrons. The molecule has 0 bridgehead atoms. The molecule has 94 valence electrons. The Bertz CT molecular complexity index is 527. The van der Waals surface area contributed by atoms with Crippen LogP contribution in [0.2, 0.25) is 0 Å². The van der Waals surface area contributed by atoms with Crippen LogP contribution in [0.15, 0.2) is 36.5 Å². The number of para-hydroxylation sites is 1. The highest BCUT2D eigenvalue weighted by Crippen LogP contribution is 2.28. The molecule has 1 aromatic heterocycles. The first-order chi connectivity index (χ1) is 8.90. The van der Waals surface area contributed by atoms with E-state index in [0.717, 1.165) is 18.6 Å². The number of rotatable bonds is 3. The van der Waals surface area contributed by atoms with Gasteiger partial charge in [-0.15, -0.1) is 0 Å². The zero-order chi connectivity index (χ0) is 12.4. The minimum atomic E-state index is 0.311. The van der Waals surface area contributed by atoms with Gasteiger partial charge in [-0.2, -0.15) is 0 Å². The molecular weight excluding hydrogens is 222 g/mol. The summed E-state index contributed by atoms with van der Waals surface area (Å²) in [5.41, 5.74) is 8.38. The third-order valence-corrected chi connectivity index (χ3v) is 3.83. The van der Waals surface area contributed by atoms with E-state index in [4.69, 9.17) is 5.73 Å². The van der Waals surface area contributed by atoms with Crippen molar-refractivity contribution in [2.45, 2.75) is 18.9 Å². The number of hydrogen-bond donors (Lipinski definition) is 1. The molecule has 0 saturated carbocycles. The second-order valence-corrected chi connectivity index (χ2v) is 4.92. The quantitative estimate of drug-likeness (QED) is 0.896. The van der Waals surface area contributed by atoms with Gasteiger partial charge in [-0.1, -0.05) is 24.3 Å². The fraction of sp³-hybridized carbons (Fsp3) is 0.400. The molecule has 1 aromatic carbocycles. The van der Waals surface area contributed by atoms with Gasteiger partial charge in [-0.25, -0.2) is 0 Å². The lowest BCUT2D eigenvalue weighted by Crippen LogP contribution is -2.31. The van der Waals surface area contributed by atoms with E-state index in [0.29, 0.717) is 12.6 Å². The van der Waals surface area contributed by atoms with E-state index in [1.165, 1.54) is 23.8 Å². The van der Waals surface area contributed by atoms with Gasteiger partial charge in [0, 0.05) is 24.2 Å². The number of hydrogen-bond acceptors (Lipinski definition) is 3. The summed E-state index contributed by atoms with van der Waals surface area (Å²) in [6.45, 7) is 2.98. The second-order valence-electron chi connectivity index (χ2n) is 4.92. The summed E-state index contributed by atoms with van der Waals surface area (Å²) in [5, 5.41) is 1.20. The fourth-order valence-electron chi connectivity index (χ4n) is 2.92. The molecule has 1 aliphatic heterocycles. The highest BCUT2D eigenvalue weighted by atomic mass is 15.2. The number of pyridine rings is 1. The molecule has 1 unspecified atom stereocenters. The third-order valence-electron chi connectivity index (χ3n) is 3.83. The van der Waals surface area contributed by atoms with E-state index in [2.05, 4.69) is 34.1 Å². The smallest absolute Gasteiger partial charge is 0.0750 e. The average Bonchev–Trinajstić information content (AvgIpc) is 2.94. The molecule has 3 rings (SSSR count). The maximum absolute atomic E-state index is 6.01. The predicted molar refractivity (Wildman–Crippen MR) is 74.3 cm³/mol. The van der Waals surface area contributed by atoms with Crippen LogP contribution in [0.1, 0.15) is 24.4 Å². The zero-order valence-corrected chi connectivity index (χ0v) is 10.5. The first kappa shape index (κ1) is 11.6. The normalized spacial score (nSPS) is 18.3. The summed E-state index contributed by atoms with van der Waals surface area (Å²) in [6, 6.07) is 10.8. The highest BCUT2D eigenvalue weighted by molar-refractivity contribution is 5.82. The Kier molecular flexibility index (Phi) is 3.26. The number of aromatic nitrogens is 1. The van der Waals surface area contributed by atoms with Crippen molar-refractivity contribution in [1.29, 1.82) is 0 Å². The summed E-state index contributed by atoms with van der Waals surface area (Å²) in [5.74, 6) is 0. The molecule has 3 nitrogen and oxygen atoms in total. The Morgan fingerprint density at radius 1 is 1.17 bits per heavy atom. The number of fused-ring (bicyclic) bond motifs is 1. The lowest BCUT2D eigenvalue weighted by molar-refractivity contribution is 0.252. The van der Waals surface area contributed by atoms with Crippen LogP contribution in [-0.2, 0) is 0 Å². The van der Waals surface area contributed by atoms with Crippen LogP contribution in [0.5, 0.6) is 0 Å². The molecule has 1 saturated heterocycles. The Morgan fingerprint density at radius 2 is 1.94 bits per heavy atom. The Morgan fingerprint density at radius 3 is 2.72 bits per heavy atom. The first-order valence-electron chi connectivity index (χ1n) is 6.68. The van der Waals surface area contributed by atoms with E-state index in [1.54, 1.807) is 0 Å². The Hall–Kier alpha value is -1.45. The summed E-state index contributed by atoms with van der Waals surface area (Å²) in [4.78, 5) is 7.03. The zero-order valence-electron chi connectivity index (χ0n) is 10.5. The van der Waals surface area contributed by atoms with Crippen LogP contribution in [0.4, 0.5) is 0 Å². The van der Waals surface area contributed by atoms with Gasteiger partial charge in [0.2, 0.25) is 0 Å². The molecule has 2 N–H and O–H groups in total. The maximum Gasteiger partial charge on any atom is 0.0750 e. The Labute approximate surface area is 108 Å². The lowest BCUT2D eigenvalue weighted by Gasteiger charge is -2.27. The molecule has 18 heavy (non-hydrogen) atoms. The number of likely N-dealkylation sites (tertiary alicyclic amines) is 1. The van der Waals surface area contributed by atoms with Gasteiger partial charge in [0.25, 0.3) is 0 Å². The van der Waals surface area contributed by atoms with Crippen LogP contribution < -0.4 is 5.73 Å². The highest BCUT2D eigenvalue weighted by Gasteiger charge is 2.23. The van der Waals surface area contributed by atoms with Crippen molar-refractivity contribution in [2.75, 3.05) is 19.6 Å². The maximum atomic E-state index is 6.01. The monoisotopic (exact) mass is 241 g/mol. The molecular formula is C15H19N3. The van der Waals surface area contributed by atoms with Crippen molar-refractivity contribution in [3.05, 3.63) is 42.1 Å². The number of nitrogens with two attached hydrogens (primary N) is 1. The summed E-state index contributed by atoms with van der Waals surface area (Å²) < 4.78 is 0. The van der Waals surface area contributed by atoms with Crippen LogP contribution in [-0.4, -0.2) is 29.5 Å². The minimum Gasteiger partial charge on any atom is -0.329 e. The fourth-order valence-corrected chi connectivity index (χ4v) is 2.92. The van der Waals surface area contributed by atoms with Gasteiger partial charge in [-0.05, 0) is 37.6 Å². The van der Waals surface area contributed by atoms with Gasteiger partial charge in [0.05, 0.1) is 5.52 Å². The van der Waals surface area contributed by atoms with Crippen molar-refractivity contribution in [1.82, 2.24) is 9.88 Å². The summed E-state index contributed by atoms with van der Waals surface area (Å²) in [7, 11) is 0. The van der Waals surface area contributed by atoms with Crippen molar-refractivity contribution in [3.63, 3.8) is 0 Å². The first-order valence-corrected chi connectivity index (χ1v) is 6.68. The standard InChI is InChI=1S/C15H19N3/c16-11-14(18-9-1-2-10-18)13-7-3-5-12-6-4-8-17-15(12)13/h3-8,14H,1-2,9-11,16H2. The van der Waals surface area contributed by atoms with Gasteiger partial charge >= 0.3 is 0 Å². The van der Waals surface area contributed by atoms with Crippen molar-refractivity contribution in [2.24, 2.45) is 5.73 Å². The van der Waals surface area contributed by atoms with Crippen LogP contribution >= 0.6 is 0 Å². The van der Waals surface area contributed by atoms with Crippen molar-refractivity contribution < 1.29 is 0 Å². The Balaban J connectivity index is 2.06. The van der Waals surface area contributed by atoms with Gasteiger partial charge in [0.1, 0.15) is 0 Å². The van der Waals surface area contributed by atoms with E-state index < -0.39 is 0 Å². The van der Waals surface area contributed by atoms with E-state index >= 15 is 0 Å². The molecule has 0 spiro atoms. The SMILES string of the molecule is NCC(c1cccc2cccnc12)N1CCCC1. The molecule has 0 amide bonds. The predicted octanol–water partition coefficient (Wildman–Crippen LogP) is 2.33. The third kappa shape index (κ3) is 2.00. The van der Waals surface area contributed by atoms with Crippen molar-refractivity contribution in [3.8, 4) is 0 Å². The lowest BCUT2D eigenvalue weighted by atomic mass is 10.0. The molecule has 1 aliphatic rings. The van der Waals surface area contributed by atoms with E-state index in [-0.39, 0.29) is 0 Å². The summed E-state index contributed by atoms with van der Waals surface area (Å²) in [6.07, 6.45) is 4.44. The number of benzene rings is 1. The molecule has 3 heteroatoms. The molecule has 0 aliphatic carbocycles. The number of nitrogens with zero attached hydrogens (tertiary/aromatic N) is 2. The molecule has 1 atom stereocenters. The van der Waals surface area contributed by atoms with Gasteiger partial charge in [-0.3, -0.25) is 9.88 Å². The average molecular weight is 241 g/mol. The minimum absolute atomic E-state index is 0.311. The topological polar surface area (TPSA) is 42.1 Å².